The van der Waals surface area contributed by atoms with Crippen molar-refractivity contribution in [3.05, 3.63) is 46.8 Å². The third-order valence-corrected chi connectivity index (χ3v) is 4.98. The van der Waals surface area contributed by atoms with E-state index in [1.54, 1.807) is 37.7 Å². The average Bonchev–Trinajstić information content (AvgIpc) is 2.97. The van der Waals surface area contributed by atoms with Gasteiger partial charge in [-0.2, -0.15) is 5.10 Å². The maximum absolute atomic E-state index is 12.9. The van der Waals surface area contributed by atoms with E-state index < -0.39 is 23.4 Å². The van der Waals surface area contributed by atoms with Crippen molar-refractivity contribution in [3.8, 4) is 0 Å². The minimum Gasteiger partial charge on any atom is -0.321 e. The lowest BCUT2D eigenvalue weighted by Gasteiger charge is -2.22. The lowest BCUT2D eigenvalue weighted by molar-refractivity contribution is -0.133. The van der Waals surface area contributed by atoms with E-state index in [0.29, 0.717) is 16.9 Å². The highest BCUT2D eigenvalue weighted by atomic mass is 16.2. The minimum atomic E-state index is -1.19. The highest BCUT2D eigenvalue weighted by molar-refractivity contribution is 6.10. The summed E-state index contributed by atoms with van der Waals surface area (Å²) in [7, 11) is 1.78. The molecule has 1 aromatic heterocycles. The minimum absolute atomic E-state index is 0.361. The van der Waals surface area contributed by atoms with E-state index in [2.05, 4.69) is 15.7 Å². The maximum atomic E-state index is 12.9. The van der Waals surface area contributed by atoms with Gasteiger partial charge in [-0.25, -0.2) is 4.79 Å². The van der Waals surface area contributed by atoms with Gasteiger partial charge in [0.25, 0.3) is 5.91 Å². The van der Waals surface area contributed by atoms with E-state index in [4.69, 9.17) is 0 Å². The number of rotatable bonds is 4. The molecule has 0 bridgehead atoms. The van der Waals surface area contributed by atoms with Crippen molar-refractivity contribution in [1.82, 2.24) is 20.0 Å². The number of urea groups is 1. The first kappa shape index (κ1) is 18.6. The van der Waals surface area contributed by atoms with Crippen LogP contribution in [0.25, 0.3) is 0 Å². The molecule has 0 unspecified atom stereocenters. The molecular formula is C19H23N5O3. The second-order valence-corrected chi connectivity index (χ2v) is 7.03. The zero-order valence-corrected chi connectivity index (χ0v) is 16.1. The molecule has 4 amide bonds. The molecule has 3 rings (SSSR count). The molecule has 0 aliphatic carbocycles. The zero-order chi connectivity index (χ0) is 19.9. The van der Waals surface area contributed by atoms with Crippen LogP contribution in [0.4, 0.5) is 10.5 Å². The van der Waals surface area contributed by atoms with Gasteiger partial charge in [-0.05, 0) is 33.3 Å². The Balaban J connectivity index is 1.77. The number of carbonyl (C=O) groups is 3. The van der Waals surface area contributed by atoms with Crippen LogP contribution < -0.4 is 10.6 Å². The third kappa shape index (κ3) is 3.18. The maximum Gasteiger partial charge on any atom is 0.325 e. The predicted octanol–water partition coefficient (Wildman–Crippen LogP) is 1.75. The second kappa shape index (κ2) is 6.53. The van der Waals surface area contributed by atoms with Gasteiger partial charge in [0, 0.05) is 7.05 Å². The van der Waals surface area contributed by atoms with Crippen LogP contribution in [0.3, 0.4) is 0 Å². The van der Waals surface area contributed by atoms with Gasteiger partial charge in [0.1, 0.15) is 12.1 Å². The van der Waals surface area contributed by atoms with E-state index >= 15 is 0 Å². The van der Waals surface area contributed by atoms with Crippen LogP contribution >= 0.6 is 0 Å². The van der Waals surface area contributed by atoms with Crippen LogP contribution in [0, 0.1) is 20.8 Å². The molecule has 1 aromatic carbocycles. The van der Waals surface area contributed by atoms with E-state index in [1.807, 2.05) is 26.0 Å². The standard InChI is InChI=1S/C19H23N5O3/c1-11-6-8-14(9-7-11)19(4)17(26)24(18(27)21-19)10-15(25)20-16-12(2)22-23(5)13(16)3/h6-9H,10H2,1-5H3,(H,20,25)(H,21,27)/t19-/m1/s1. The number of carbonyl (C=O) groups excluding carboxylic acids is 3. The molecule has 1 atom stereocenters. The zero-order valence-electron chi connectivity index (χ0n) is 16.1. The first-order valence-corrected chi connectivity index (χ1v) is 8.65. The number of benzene rings is 1. The summed E-state index contributed by atoms with van der Waals surface area (Å²) < 4.78 is 1.66. The Morgan fingerprint density at radius 3 is 2.37 bits per heavy atom. The molecule has 2 heterocycles. The molecule has 0 radical (unpaired) electrons. The number of nitrogens with zero attached hydrogens (tertiary/aromatic N) is 3. The van der Waals surface area contributed by atoms with Crippen molar-refractivity contribution < 1.29 is 14.4 Å². The topological polar surface area (TPSA) is 96.3 Å². The molecule has 27 heavy (non-hydrogen) atoms. The van der Waals surface area contributed by atoms with E-state index in [9.17, 15) is 14.4 Å². The van der Waals surface area contributed by atoms with Gasteiger partial charge < -0.3 is 10.6 Å². The van der Waals surface area contributed by atoms with Gasteiger partial charge in [0.2, 0.25) is 5.91 Å². The Morgan fingerprint density at radius 2 is 1.81 bits per heavy atom. The second-order valence-electron chi connectivity index (χ2n) is 7.03. The predicted molar refractivity (Wildman–Crippen MR) is 100 cm³/mol. The van der Waals surface area contributed by atoms with Gasteiger partial charge in [-0.15, -0.1) is 0 Å². The molecular weight excluding hydrogens is 346 g/mol. The largest absolute Gasteiger partial charge is 0.325 e. The summed E-state index contributed by atoms with van der Waals surface area (Å²) in [5, 5.41) is 9.69. The molecule has 8 heteroatoms. The van der Waals surface area contributed by atoms with Crippen LogP contribution in [-0.4, -0.2) is 39.1 Å². The summed E-state index contributed by atoms with van der Waals surface area (Å²) in [5.41, 5.74) is 2.60. The fraction of sp³-hybridized carbons (Fsp3) is 0.368. The van der Waals surface area contributed by atoms with Crippen molar-refractivity contribution in [2.45, 2.75) is 33.2 Å². The SMILES string of the molecule is Cc1ccc([C@@]2(C)NC(=O)N(CC(=O)Nc3c(C)nn(C)c3C)C2=O)cc1. The van der Waals surface area contributed by atoms with E-state index in [-0.39, 0.29) is 6.54 Å². The summed E-state index contributed by atoms with van der Waals surface area (Å²) in [5.74, 6) is -0.906. The van der Waals surface area contributed by atoms with Gasteiger partial charge >= 0.3 is 6.03 Å². The summed E-state index contributed by atoms with van der Waals surface area (Å²) in [6.07, 6.45) is 0. The van der Waals surface area contributed by atoms with Crippen LogP contribution in [0.5, 0.6) is 0 Å². The van der Waals surface area contributed by atoms with Crippen LogP contribution in [-0.2, 0) is 22.2 Å². The van der Waals surface area contributed by atoms with Crippen LogP contribution in [0.15, 0.2) is 24.3 Å². The fourth-order valence-corrected chi connectivity index (χ4v) is 3.20. The number of anilines is 1. The summed E-state index contributed by atoms with van der Waals surface area (Å²) in [4.78, 5) is 38.6. The monoisotopic (exact) mass is 369 g/mol. The normalized spacial score (nSPS) is 19.4. The third-order valence-electron chi connectivity index (χ3n) is 4.98. The Morgan fingerprint density at radius 1 is 1.19 bits per heavy atom. The number of aromatic nitrogens is 2. The van der Waals surface area contributed by atoms with Crippen molar-refractivity contribution >= 4 is 23.5 Å². The molecule has 1 fully saturated rings. The fourth-order valence-electron chi connectivity index (χ4n) is 3.20. The quantitative estimate of drug-likeness (QED) is 0.803. The number of aryl methyl sites for hydroxylation is 3. The lowest BCUT2D eigenvalue weighted by atomic mass is 9.91. The summed E-state index contributed by atoms with van der Waals surface area (Å²) in [6.45, 7) is 6.84. The summed E-state index contributed by atoms with van der Waals surface area (Å²) >= 11 is 0. The molecule has 2 aromatic rings. The molecule has 1 saturated heterocycles. The number of amides is 4. The van der Waals surface area contributed by atoms with Gasteiger partial charge in [-0.3, -0.25) is 19.2 Å². The first-order chi connectivity index (χ1) is 12.6. The van der Waals surface area contributed by atoms with Crippen molar-refractivity contribution in [3.63, 3.8) is 0 Å². The van der Waals surface area contributed by atoms with Crippen molar-refractivity contribution in [2.75, 3.05) is 11.9 Å². The molecule has 1 aliphatic rings. The summed E-state index contributed by atoms with van der Waals surface area (Å²) in [6, 6.07) is 6.78. The number of nitrogens with one attached hydrogen (secondary N) is 2. The Labute approximate surface area is 157 Å². The van der Waals surface area contributed by atoms with Crippen LogP contribution in [0.2, 0.25) is 0 Å². The number of hydrogen-bond donors (Lipinski definition) is 2. The van der Waals surface area contributed by atoms with Crippen LogP contribution in [0.1, 0.15) is 29.4 Å². The molecule has 1 aliphatic heterocycles. The Hall–Kier alpha value is -3.16. The number of imide groups is 1. The average molecular weight is 369 g/mol. The Bertz CT molecular complexity index is 932. The Kier molecular flexibility index (Phi) is 4.51. The van der Waals surface area contributed by atoms with Gasteiger partial charge in [0.15, 0.2) is 0 Å². The van der Waals surface area contributed by atoms with Gasteiger partial charge in [-0.1, -0.05) is 29.8 Å². The molecule has 8 nitrogen and oxygen atoms in total. The first-order valence-electron chi connectivity index (χ1n) is 8.65. The smallest absolute Gasteiger partial charge is 0.321 e. The lowest BCUT2D eigenvalue weighted by Crippen LogP contribution is -2.42. The van der Waals surface area contributed by atoms with Crippen molar-refractivity contribution in [1.29, 1.82) is 0 Å². The highest BCUT2D eigenvalue weighted by Crippen LogP contribution is 2.29. The van der Waals surface area contributed by atoms with Gasteiger partial charge in [0.05, 0.1) is 17.1 Å². The van der Waals surface area contributed by atoms with Crippen molar-refractivity contribution in [2.24, 2.45) is 7.05 Å². The molecule has 142 valence electrons. The van der Waals surface area contributed by atoms with E-state index in [1.165, 1.54) is 0 Å². The van der Waals surface area contributed by atoms with E-state index in [0.717, 1.165) is 16.2 Å². The molecule has 0 saturated carbocycles. The highest BCUT2D eigenvalue weighted by Gasteiger charge is 2.49. The molecule has 0 spiro atoms. The molecule has 2 N–H and O–H groups in total. The number of hydrogen-bond acceptors (Lipinski definition) is 4.